The number of rotatable bonds is 3. The van der Waals surface area contributed by atoms with Gasteiger partial charge in [0.2, 0.25) is 0 Å². The highest BCUT2D eigenvalue weighted by atomic mass is 16.5. The molecule has 1 aliphatic rings. The number of terminal acetylenes is 1. The van der Waals surface area contributed by atoms with Crippen LogP contribution in [0.4, 0.5) is 5.82 Å². The molecule has 0 radical (unpaired) electrons. The minimum absolute atomic E-state index is 0.0984. The Balaban J connectivity index is 1.78. The third-order valence-electron chi connectivity index (χ3n) is 4.61. The lowest BCUT2D eigenvalue weighted by molar-refractivity contribution is 0.0875. The Kier molecular flexibility index (Phi) is 4.42. The molecule has 1 saturated heterocycles. The molecule has 5 nitrogen and oxygen atoms in total. The number of benzene rings is 2. The summed E-state index contributed by atoms with van der Waals surface area (Å²) in [6.45, 7) is 1.49. The quantitative estimate of drug-likeness (QED) is 0.710. The molecule has 1 fully saturated rings. The van der Waals surface area contributed by atoms with Gasteiger partial charge in [-0.25, -0.2) is 0 Å². The van der Waals surface area contributed by atoms with Gasteiger partial charge in [-0.15, -0.1) is 16.6 Å². The third-order valence-corrected chi connectivity index (χ3v) is 4.61. The Labute approximate surface area is 152 Å². The molecule has 0 saturated carbocycles. The van der Waals surface area contributed by atoms with E-state index in [1.54, 1.807) is 18.2 Å². The van der Waals surface area contributed by atoms with Crippen molar-refractivity contribution in [1.29, 1.82) is 0 Å². The van der Waals surface area contributed by atoms with Crippen LogP contribution in [0.25, 0.3) is 22.0 Å². The van der Waals surface area contributed by atoms with Crippen LogP contribution in [0.3, 0.4) is 0 Å². The summed E-state index contributed by atoms with van der Waals surface area (Å²) in [6, 6.07) is 13.3. The summed E-state index contributed by atoms with van der Waals surface area (Å²) in [5, 5.41) is 24.5. The molecule has 4 rings (SSSR count). The summed E-state index contributed by atoms with van der Waals surface area (Å²) < 4.78 is 5.54. The van der Waals surface area contributed by atoms with E-state index >= 15 is 0 Å². The standard InChI is InChI=1S/C21H19N3O2/c1-2-14-9-10-18(19(25)12-14)20-16-7-3-4-8-17(16)21(24-23-20)22-15-6-5-11-26-13-15/h1,3-4,7-10,12,15,25H,5-6,11,13H2,(H,22,24). The lowest BCUT2D eigenvalue weighted by Crippen LogP contribution is -2.30. The number of phenolic OH excluding ortho intramolecular Hbond substituents is 1. The molecule has 1 unspecified atom stereocenters. The number of fused-ring (bicyclic) bond motifs is 1. The third kappa shape index (κ3) is 3.07. The van der Waals surface area contributed by atoms with Crippen LogP contribution in [0.2, 0.25) is 0 Å². The first kappa shape index (κ1) is 16.4. The number of aromatic nitrogens is 2. The van der Waals surface area contributed by atoms with Crippen molar-refractivity contribution >= 4 is 16.6 Å². The molecule has 5 heteroatoms. The second-order valence-corrected chi connectivity index (χ2v) is 6.38. The molecule has 2 heterocycles. The molecule has 1 atom stereocenters. The van der Waals surface area contributed by atoms with Crippen LogP contribution in [-0.4, -0.2) is 34.6 Å². The van der Waals surface area contributed by atoms with Gasteiger partial charge in [0, 0.05) is 28.5 Å². The molecule has 26 heavy (non-hydrogen) atoms. The zero-order chi connectivity index (χ0) is 17.9. The average molecular weight is 345 g/mol. The van der Waals surface area contributed by atoms with E-state index in [9.17, 15) is 5.11 Å². The van der Waals surface area contributed by atoms with E-state index in [-0.39, 0.29) is 11.8 Å². The van der Waals surface area contributed by atoms with Crippen molar-refractivity contribution in [3.63, 3.8) is 0 Å². The Morgan fingerprint density at radius 2 is 2.00 bits per heavy atom. The van der Waals surface area contributed by atoms with E-state index < -0.39 is 0 Å². The Hall–Kier alpha value is -3.10. The highest BCUT2D eigenvalue weighted by Gasteiger charge is 2.18. The number of phenols is 1. The largest absolute Gasteiger partial charge is 0.507 e. The van der Waals surface area contributed by atoms with Gasteiger partial charge in [-0.3, -0.25) is 0 Å². The Morgan fingerprint density at radius 1 is 1.15 bits per heavy atom. The van der Waals surface area contributed by atoms with Crippen molar-refractivity contribution in [1.82, 2.24) is 10.2 Å². The first-order valence-electron chi connectivity index (χ1n) is 8.66. The van der Waals surface area contributed by atoms with Crippen molar-refractivity contribution in [2.24, 2.45) is 0 Å². The highest BCUT2D eigenvalue weighted by Crippen LogP contribution is 2.35. The molecule has 0 bridgehead atoms. The van der Waals surface area contributed by atoms with Gasteiger partial charge in [0.05, 0.1) is 12.6 Å². The van der Waals surface area contributed by atoms with E-state index in [1.165, 1.54) is 0 Å². The fourth-order valence-corrected chi connectivity index (χ4v) is 3.28. The Morgan fingerprint density at radius 3 is 2.73 bits per heavy atom. The maximum Gasteiger partial charge on any atom is 0.156 e. The lowest BCUT2D eigenvalue weighted by Gasteiger charge is -2.24. The van der Waals surface area contributed by atoms with Gasteiger partial charge in [0.25, 0.3) is 0 Å². The zero-order valence-corrected chi connectivity index (χ0v) is 14.3. The lowest BCUT2D eigenvalue weighted by atomic mass is 10.0. The zero-order valence-electron chi connectivity index (χ0n) is 14.3. The summed E-state index contributed by atoms with van der Waals surface area (Å²) >= 11 is 0. The van der Waals surface area contributed by atoms with E-state index in [2.05, 4.69) is 21.4 Å². The molecular formula is C21H19N3O2. The van der Waals surface area contributed by atoms with Gasteiger partial charge in [0.15, 0.2) is 5.82 Å². The number of hydrogen-bond acceptors (Lipinski definition) is 5. The van der Waals surface area contributed by atoms with Gasteiger partial charge >= 0.3 is 0 Å². The normalized spacial score (nSPS) is 17.0. The summed E-state index contributed by atoms with van der Waals surface area (Å²) in [6.07, 6.45) is 7.49. The minimum atomic E-state index is 0.0984. The molecule has 1 aliphatic heterocycles. The maximum absolute atomic E-state index is 10.4. The minimum Gasteiger partial charge on any atom is -0.507 e. The van der Waals surface area contributed by atoms with Crippen molar-refractivity contribution in [3.8, 4) is 29.4 Å². The van der Waals surface area contributed by atoms with E-state index in [0.717, 1.165) is 36.0 Å². The van der Waals surface area contributed by atoms with E-state index in [4.69, 9.17) is 11.2 Å². The van der Waals surface area contributed by atoms with Crippen molar-refractivity contribution in [3.05, 3.63) is 48.0 Å². The smallest absolute Gasteiger partial charge is 0.156 e. The molecular weight excluding hydrogens is 326 g/mol. The number of anilines is 1. The Bertz CT molecular complexity index is 988. The summed E-state index contributed by atoms with van der Waals surface area (Å²) in [7, 11) is 0. The number of nitrogens with one attached hydrogen (secondary N) is 1. The molecule has 0 aliphatic carbocycles. The summed E-state index contributed by atoms with van der Waals surface area (Å²) in [5.41, 5.74) is 1.87. The molecule has 0 amide bonds. The first-order valence-corrected chi connectivity index (χ1v) is 8.66. The highest BCUT2D eigenvalue weighted by molar-refractivity contribution is 6.00. The van der Waals surface area contributed by atoms with Gasteiger partial charge in [-0.05, 0) is 31.0 Å². The molecule has 0 spiro atoms. The predicted molar refractivity (Wildman–Crippen MR) is 102 cm³/mol. The van der Waals surface area contributed by atoms with Crippen LogP contribution in [0, 0.1) is 12.3 Å². The van der Waals surface area contributed by atoms with Crippen LogP contribution in [0.1, 0.15) is 18.4 Å². The SMILES string of the molecule is C#Cc1ccc(-c2nnc(NC3CCCOC3)c3ccccc23)c(O)c1. The topological polar surface area (TPSA) is 67.3 Å². The van der Waals surface area contributed by atoms with Crippen LogP contribution >= 0.6 is 0 Å². The maximum atomic E-state index is 10.4. The van der Waals surface area contributed by atoms with Crippen molar-refractivity contribution in [2.75, 3.05) is 18.5 Å². The monoisotopic (exact) mass is 345 g/mol. The van der Waals surface area contributed by atoms with Crippen molar-refractivity contribution < 1.29 is 9.84 Å². The van der Waals surface area contributed by atoms with Gasteiger partial charge < -0.3 is 15.2 Å². The van der Waals surface area contributed by atoms with Crippen LogP contribution in [0.15, 0.2) is 42.5 Å². The second kappa shape index (κ2) is 7.03. The van der Waals surface area contributed by atoms with Crippen LogP contribution in [0.5, 0.6) is 5.75 Å². The molecule has 3 aromatic rings. The van der Waals surface area contributed by atoms with Gasteiger partial charge in [0.1, 0.15) is 11.4 Å². The number of nitrogens with zero attached hydrogens (tertiary/aromatic N) is 2. The molecule has 2 N–H and O–H groups in total. The molecule has 2 aromatic carbocycles. The second-order valence-electron chi connectivity index (χ2n) is 6.38. The number of ether oxygens (including phenoxy) is 1. The average Bonchev–Trinajstić information content (AvgIpc) is 2.69. The van der Waals surface area contributed by atoms with Gasteiger partial charge in [-0.1, -0.05) is 30.2 Å². The van der Waals surface area contributed by atoms with Crippen LogP contribution in [-0.2, 0) is 4.74 Å². The summed E-state index contributed by atoms with van der Waals surface area (Å²) in [4.78, 5) is 0. The molecule has 1 aromatic heterocycles. The summed E-state index contributed by atoms with van der Waals surface area (Å²) in [5.74, 6) is 3.35. The van der Waals surface area contributed by atoms with Crippen LogP contribution < -0.4 is 5.32 Å². The van der Waals surface area contributed by atoms with E-state index in [0.29, 0.717) is 23.4 Å². The molecule has 130 valence electrons. The van der Waals surface area contributed by atoms with Crippen molar-refractivity contribution in [2.45, 2.75) is 18.9 Å². The van der Waals surface area contributed by atoms with E-state index in [1.807, 2.05) is 24.3 Å². The number of aromatic hydroxyl groups is 1. The number of hydrogen-bond donors (Lipinski definition) is 2. The van der Waals surface area contributed by atoms with Gasteiger partial charge in [-0.2, -0.15) is 0 Å². The fraction of sp³-hybridized carbons (Fsp3) is 0.238. The predicted octanol–water partition coefficient (Wildman–Crippen LogP) is 3.57. The fourth-order valence-electron chi connectivity index (χ4n) is 3.28. The first-order chi connectivity index (χ1) is 12.8.